The van der Waals surface area contributed by atoms with Crippen LogP contribution in [-0.2, 0) is 6.54 Å². The second kappa shape index (κ2) is 7.57. The first-order valence-electron chi connectivity index (χ1n) is 8.23. The first kappa shape index (κ1) is 16.6. The monoisotopic (exact) mass is 332 g/mol. The fourth-order valence-electron chi connectivity index (χ4n) is 3.12. The molecule has 0 N–H and O–H groups in total. The van der Waals surface area contributed by atoms with E-state index in [1.807, 2.05) is 14.0 Å². The molecule has 0 unspecified atom stereocenters. The smallest absolute Gasteiger partial charge is 0.257 e. The minimum Gasteiger partial charge on any atom is -0.478 e. The number of hydrogen-bond acceptors (Lipinski definition) is 8. The number of anilines is 1. The third-order valence-electron chi connectivity index (χ3n) is 4.37. The Labute approximate surface area is 141 Å². The third-order valence-corrected chi connectivity index (χ3v) is 4.37. The van der Waals surface area contributed by atoms with E-state index < -0.39 is 0 Å². The summed E-state index contributed by atoms with van der Waals surface area (Å²) in [7, 11) is 3.67. The van der Waals surface area contributed by atoms with Gasteiger partial charge in [0.1, 0.15) is 0 Å². The molecule has 0 aliphatic carbocycles. The third kappa shape index (κ3) is 4.00. The Balaban J connectivity index is 1.50. The summed E-state index contributed by atoms with van der Waals surface area (Å²) in [5.74, 6) is 3.32. The zero-order chi connectivity index (χ0) is 16.9. The molecule has 0 bridgehead atoms. The van der Waals surface area contributed by atoms with E-state index in [0.717, 1.165) is 44.8 Å². The van der Waals surface area contributed by atoms with Crippen molar-refractivity contribution >= 4 is 5.82 Å². The number of likely N-dealkylation sites (tertiary alicyclic amines) is 1. The van der Waals surface area contributed by atoms with Crippen LogP contribution in [0.2, 0.25) is 0 Å². The van der Waals surface area contributed by atoms with Gasteiger partial charge in [-0.15, -0.1) is 10.2 Å². The Hall–Kier alpha value is -2.22. The van der Waals surface area contributed by atoms with Crippen molar-refractivity contribution < 1.29 is 9.15 Å². The van der Waals surface area contributed by atoms with Crippen molar-refractivity contribution in [2.24, 2.45) is 5.92 Å². The van der Waals surface area contributed by atoms with Crippen LogP contribution in [0.4, 0.5) is 5.82 Å². The van der Waals surface area contributed by atoms with Gasteiger partial charge in [-0.3, -0.25) is 4.90 Å². The number of methoxy groups -OCH3 is 1. The van der Waals surface area contributed by atoms with Gasteiger partial charge in [0.2, 0.25) is 11.8 Å². The quantitative estimate of drug-likeness (QED) is 0.788. The summed E-state index contributed by atoms with van der Waals surface area (Å²) in [6.45, 7) is 5.58. The zero-order valence-electron chi connectivity index (χ0n) is 14.5. The highest BCUT2D eigenvalue weighted by atomic mass is 16.5. The van der Waals surface area contributed by atoms with Crippen molar-refractivity contribution in [3.8, 4) is 5.88 Å². The van der Waals surface area contributed by atoms with Crippen LogP contribution >= 0.6 is 0 Å². The first-order chi connectivity index (χ1) is 11.7. The average molecular weight is 332 g/mol. The predicted molar refractivity (Wildman–Crippen MR) is 88.9 cm³/mol. The van der Waals surface area contributed by atoms with Crippen LogP contribution in [0.5, 0.6) is 5.88 Å². The number of nitrogens with zero attached hydrogens (tertiary/aromatic N) is 6. The van der Waals surface area contributed by atoms with Crippen molar-refractivity contribution in [1.29, 1.82) is 0 Å². The van der Waals surface area contributed by atoms with Crippen LogP contribution in [0, 0.1) is 12.8 Å². The maximum Gasteiger partial charge on any atom is 0.257 e. The lowest BCUT2D eigenvalue weighted by molar-refractivity contribution is 0.165. The van der Waals surface area contributed by atoms with Gasteiger partial charge in [-0.05, 0) is 31.8 Å². The molecule has 0 amide bonds. The standard InChI is InChI=1S/C16H24N6O2/c1-12-19-20-14(24-12)11-22-8-4-13(5-9-22)10-21(2)15-16(23-3)18-7-6-17-15/h6-7,13H,4-5,8-11H2,1-3H3. The minimum absolute atomic E-state index is 0.573. The van der Waals surface area contributed by atoms with Crippen molar-refractivity contribution in [3.63, 3.8) is 0 Å². The molecule has 0 radical (unpaired) electrons. The van der Waals surface area contributed by atoms with Gasteiger partial charge in [0.25, 0.3) is 5.88 Å². The molecule has 1 aliphatic rings. The van der Waals surface area contributed by atoms with Gasteiger partial charge >= 0.3 is 0 Å². The molecular formula is C16H24N6O2. The molecule has 0 aromatic carbocycles. The van der Waals surface area contributed by atoms with E-state index in [-0.39, 0.29) is 0 Å². The highest BCUT2D eigenvalue weighted by Crippen LogP contribution is 2.25. The SMILES string of the molecule is COc1nccnc1N(C)CC1CCN(Cc2nnc(C)o2)CC1. The number of ether oxygens (including phenoxy) is 1. The Kier molecular flexibility index (Phi) is 5.24. The van der Waals surface area contributed by atoms with Gasteiger partial charge in [-0.25, -0.2) is 9.97 Å². The van der Waals surface area contributed by atoms with E-state index in [2.05, 4.69) is 30.0 Å². The number of aryl methyl sites for hydroxylation is 1. The molecule has 1 fully saturated rings. The minimum atomic E-state index is 0.573. The van der Waals surface area contributed by atoms with Crippen LogP contribution < -0.4 is 9.64 Å². The summed E-state index contributed by atoms with van der Waals surface area (Å²) in [5.41, 5.74) is 0. The first-order valence-corrected chi connectivity index (χ1v) is 8.23. The molecule has 130 valence electrons. The van der Waals surface area contributed by atoms with Crippen LogP contribution in [0.15, 0.2) is 16.8 Å². The summed E-state index contributed by atoms with van der Waals surface area (Å²) in [5, 5.41) is 7.95. The van der Waals surface area contributed by atoms with Crippen LogP contribution in [0.25, 0.3) is 0 Å². The molecule has 0 saturated carbocycles. The Morgan fingerprint density at radius 3 is 2.67 bits per heavy atom. The van der Waals surface area contributed by atoms with E-state index in [1.165, 1.54) is 0 Å². The maximum atomic E-state index is 5.46. The van der Waals surface area contributed by atoms with Crippen molar-refractivity contribution in [2.75, 3.05) is 38.7 Å². The molecule has 1 aliphatic heterocycles. The number of piperidine rings is 1. The van der Waals surface area contributed by atoms with E-state index >= 15 is 0 Å². The fraction of sp³-hybridized carbons (Fsp3) is 0.625. The molecule has 2 aromatic rings. The normalized spacial score (nSPS) is 16.3. The summed E-state index contributed by atoms with van der Waals surface area (Å²) >= 11 is 0. The van der Waals surface area contributed by atoms with Crippen molar-refractivity contribution in [1.82, 2.24) is 25.1 Å². The lowest BCUT2D eigenvalue weighted by atomic mass is 9.96. The molecule has 8 heteroatoms. The lowest BCUT2D eigenvalue weighted by Gasteiger charge is -2.33. The highest BCUT2D eigenvalue weighted by Gasteiger charge is 2.23. The summed E-state index contributed by atoms with van der Waals surface area (Å²) in [6, 6.07) is 0. The van der Waals surface area contributed by atoms with E-state index in [0.29, 0.717) is 23.6 Å². The molecule has 24 heavy (non-hydrogen) atoms. The van der Waals surface area contributed by atoms with Crippen LogP contribution in [0.3, 0.4) is 0 Å². The Morgan fingerprint density at radius 1 is 1.25 bits per heavy atom. The molecule has 2 aromatic heterocycles. The van der Waals surface area contributed by atoms with Gasteiger partial charge in [-0.1, -0.05) is 0 Å². The fourth-order valence-corrected chi connectivity index (χ4v) is 3.12. The molecule has 0 atom stereocenters. The van der Waals surface area contributed by atoms with Crippen LogP contribution in [-0.4, -0.2) is 58.9 Å². The second-order valence-corrected chi connectivity index (χ2v) is 6.20. The summed E-state index contributed by atoms with van der Waals surface area (Å²) in [6.07, 6.45) is 5.62. The van der Waals surface area contributed by atoms with Gasteiger partial charge in [0.05, 0.1) is 13.7 Å². The summed E-state index contributed by atoms with van der Waals surface area (Å²) < 4.78 is 10.8. The van der Waals surface area contributed by atoms with Crippen molar-refractivity contribution in [2.45, 2.75) is 26.3 Å². The van der Waals surface area contributed by atoms with Crippen molar-refractivity contribution in [3.05, 3.63) is 24.2 Å². The topological polar surface area (TPSA) is 80.4 Å². The second-order valence-electron chi connectivity index (χ2n) is 6.20. The van der Waals surface area contributed by atoms with Crippen LogP contribution in [0.1, 0.15) is 24.6 Å². The van der Waals surface area contributed by atoms with E-state index in [9.17, 15) is 0 Å². The largest absolute Gasteiger partial charge is 0.478 e. The zero-order valence-corrected chi connectivity index (χ0v) is 14.5. The molecule has 1 saturated heterocycles. The van der Waals surface area contributed by atoms with E-state index in [1.54, 1.807) is 19.5 Å². The highest BCUT2D eigenvalue weighted by molar-refractivity contribution is 5.46. The van der Waals surface area contributed by atoms with Gasteiger partial charge in [0.15, 0.2) is 5.82 Å². The number of aromatic nitrogens is 4. The molecule has 3 rings (SSSR count). The van der Waals surface area contributed by atoms with E-state index in [4.69, 9.17) is 9.15 Å². The van der Waals surface area contributed by atoms with Gasteiger partial charge in [-0.2, -0.15) is 0 Å². The summed E-state index contributed by atoms with van der Waals surface area (Å²) in [4.78, 5) is 13.1. The Morgan fingerprint density at radius 2 is 2.00 bits per heavy atom. The predicted octanol–water partition coefficient (Wildman–Crippen LogP) is 1.53. The average Bonchev–Trinajstić information content (AvgIpc) is 3.01. The number of rotatable bonds is 6. The molecule has 0 spiro atoms. The molecule has 8 nitrogen and oxygen atoms in total. The lowest BCUT2D eigenvalue weighted by Crippen LogP contribution is -2.37. The van der Waals surface area contributed by atoms with Gasteiger partial charge in [0, 0.05) is 32.9 Å². The molecular weight excluding hydrogens is 308 g/mol. The maximum absolute atomic E-state index is 5.46. The molecule has 3 heterocycles. The number of hydrogen-bond donors (Lipinski definition) is 0. The van der Waals surface area contributed by atoms with Gasteiger partial charge < -0.3 is 14.1 Å². The Bertz CT molecular complexity index is 654.